The van der Waals surface area contributed by atoms with Gasteiger partial charge in [-0.25, -0.2) is 4.79 Å². The number of hydrogen-bond acceptors (Lipinski definition) is 7. The predicted octanol–water partition coefficient (Wildman–Crippen LogP) is -2.07. The lowest BCUT2D eigenvalue weighted by atomic mass is 10.0. The summed E-state index contributed by atoms with van der Waals surface area (Å²) in [5.74, 6) is -3.95. The zero-order chi connectivity index (χ0) is 22.9. The summed E-state index contributed by atoms with van der Waals surface area (Å²) in [6.45, 7) is 7.45. The number of carboxylic acid groups (broad SMARTS) is 1. The van der Waals surface area contributed by atoms with Gasteiger partial charge in [0.15, 0.2) is 0 Å². The van der Waals surface area contributed by atoms with Crippen LogP contribution >= 0.6 is 0 Å². The molecule has 0 aromatic rings. The Balaban J connectivity index is 5.17. The zero-order valence-electron chi connectivity index (χ0n) is 17.5. The lowest BCUT2D eigenvalue weighted by molar-refractivity contribution is -0.143. The fraction of sp³-hybridized carbons (Fsp3) is 0.778. The van der Waals surface area contributed by atoms with Crippen molar-refractivity contribution in [2.75, 3.05) is 6.61 Å². The smallest absolute Gasteiger partial charge is 0.326 e. The van der Waals surface area contributed by atoms with Crippen LogP contribution in [0.2, 0.25) is 0 Å². The number of carbonyl (C=O) groups is 4. The lowest BCUT2D eigenvalue weighted by Crippen LogP contribution is -2.60. The summed E-state index contributed by atoms with van der Waals surface area (Å²) < 4.78 is 0. The molecule has 0 aromatic carbocycles. The Morgan fingerprint density at radius 1 is 0.862 bits per heavy atom. The van der Waals surface area contributed by atoms with E-state index in [9.17, 15) is 34.5 Å². The van der Waals surface area contributed by atoms with Crippen LogP contribution in [0, 0.1) is 11.8 Å². The van der Waals surface area contributed by atoms with Gasteiger partial charge in [0.1, 0.15) is 18.1 Å². The Hall–Kier alpha value is -2.24. The Bertz CT molecular complexity index is 581. The molecule has 5 atom stereocenters. The second kappa shape index (κ2) is 12.3. The van der Waals surface area contributed by atoms with E-state index in [1.54, 1.807) is 27.7 Å². The Morgan fingerprint density at radius 3 is 1.76 bits per heavy atom. The maximum absolute atomic E-state index is 12.4. The number of amides is 3. The van der Waals surface area contributed by atoms with Crippen molar-refractivity contribution in [3.8, 4) is 0 Å². The van der Waals surface area contributed by atoms with Gasteiger partial charge in [-0.15, -0.1) is 0 Å². The van der Waals surface area contributed by atoms with Gasteiger partial charge < -0.3 is 37.0 Å². The van der Waals surface area contributed by atoms with E-state index in [2.05, 4.69) is 16.0 Å². The number of carbonyl (C=O) groups excluding carboxylic acids is 3. The van der Waals surface area contributed by atoms with Crippen molar-refractivity contribution in [2.24, 2.45) is 17.6 Å². The van der Waals surface area contributed by atoms with Gasteiger partial charge in [-0.3, -0.25) is 14.4 Å². The Morgan fingerprint density at radius 2 is 1.38 bits per heavy atom. The topological polar surface area (TPSA) is 191 Å². The highest BCUT2D eigenvalue weighted by molar-refractivity contribution is 5.94. The van der Waals surface area contributed by atoms with Crippen molar-refractivity contribution in [1.82, 2.24) is 16.0 Å². The van der Waals surface area contributed by atoms with E-state index in [1.165, 1.54) is 6.92 Å². The summed E-state index contributed by atoms with van der Waals surface area (Å²) in [5.41, 5.74) is 5.72. The average Bonchev–Trinajstić information content (AvgIpc) is 2.61. The normalized spacial score (nSPS) is 16.5. The first kappa shape index (κ1) is 26.8. The highest BCUT2D eigenvalue weighted by Crippen LogP contribution is 2.06. The third-order valence-corrected chi connectivity index (χ3v) is 4.22. The number of carboxylic acids is 1. The third-order valence-electron chi connectivity index (χ3n) is 4.22. The molecule has 8 N–H and O–H groups in total. The standard InChI is InChI=1S/C18H34N4O7/c1-8(2)6-11(18(28)29)20-15(25)12(7-23)21-17(27)14(10(5)24)22-16(26)13(19)9(3)4/h8-14,23-24H,6-7,19H2,1-5H3,(H,20,25)(H,21,27)(H,22,26)(H,28,29). The number of aliphatic hydroxyl groups is 2. The first-order valence-electron chi connectivity index (χ1n) is 9.50. The van der Waals surface area contributed by atoms with Gasteiger partial charge in [0, 0.05) is 0 Å². The van der Waals surface area contributed by atoms with E-state index < -0.39 is 60.6 Å². The fourth-order valence-corrected chi connectivity index (χ4v) is 2.38. The van der Waals surface area contributed by atoms with Crippen LogP contribution in [0.3, 0.4) is 0 Å². The lowest BCUT2D eigenvalue weighted by Gasteiger charge is -2.26. The molecule has 11 heteroatoms. The molecule has 11 nitrogen and oxygen atoms in total. The van der Waals surface area contributed by atoms with Gasteiger partial charge in [-0.2, -0.15) is 0 Å². The number of nitrogens with two attached hydrogens (primary N) is 1. The van der Waals surface area contributed by atoms with Gasteiger partial charge in [0.05, 0.1) is 18.8 Å². The summed E-state index contributed by atoms with van der Waals surface area (Å²) >= 11 is 0. The molecule has 0 saturated carbocycles. The number of hydrogen-bond donors (Lipinski definition) is 7. The van der Waals surface area contributed by atoms with Crippen LogP contribution in [0.25, 0.3) is 0 Å². The van der Waals surface area contributed by atoms with Crippen LogP contribution in [0.1, 0.15) is 41.0 Å². The summed E-state index contributed by atoms with van der Waals surface area (Å²) in [5, 5.41) is 35.3. The van der Waals surface area contributed by atoms with Crippen molar-refractivity contribution in [3.63, 3.8) is 0 Å². The minimum atomic E-state index is -1.46. The zero-order valence-corrected chi connectivity index (χ0v) is 17.5. The molecular weight excluding hydrogens is 384 g/mol. The van der Waals surface area contributed by atoms with Crippen molar-refractivity contribution >= 4 is 23.7 Å². The van der Waals surface area contributed by atoms with Crippen LogP contribution in [0.4, 0.5) is 0 Å². The molecule has 0 bridgehead atoms. The predicted molar refractivity (Wildman–Crippen MR) is 104 cm³/mol. The Kier molecular flexibility index (Phi) is 11.4. The van der Waals surface area contributed by atoms with Crippen molar-refractivity contribution in [3.05, 3.63) is 0 Å². The molecule has 0 rings (SSSR count). The molecule has 0 saturated heterocycles. The van der Waals surface area contributed by atoms with Gasteiger partial charge in [-0.1, -0.05) is 27.7 Å². The van der Waals surface area contributed by atoms with Crippen LogP contribution in [0.15, 0.2) is 0 Å². The van der Waals surface area contributed by atoms with E-state index >= 15 is 0 Å². The number of rotatable bonds is 12. The fourth-order valence-electron chi connectivity index (χ4n) is 2.38. The second-order valence-corrected chi connectivity index (χ2v) is 7.77. The number of aliphatic hydroxyl groups excluding tert-OH is 2. The van der Waals surface area contributed by atoms with E-state index in [4.69, 9.17) is 5.73 Å². The van der Waals surface area contributed by atoms with Crippen LogP contribution < -0.4 is 21.7 Å². The molecule has 3 amide bonds. The summed E-state index contributed by atoms with van der Waals surface area (Å²) in [6.07, 6.45) is -1.15. The van der Waals surface area contributed by atoms with Crippen molar-refractivity contribution in [1.29, 1.82) is 0 Å². The molecule has 0 fully saturated rings. The molecule has 0 aliphatic rings. The SMILES string of the molecule is CC(C)CC(NC(=O)C(CO)NC(=O)C(NC(=O)C(N)C(C)C)C(C)O)C(=O)O. The molecule has 0 aliphatic carbocycles. The largest absolute Gasteiger partial charge is 0.480 e. The quantitative estimate of drug-likeness (QED) is 0.188. The molecule has 0 aliphatic heterocycles. The van der Waals surface area contributed by atoms with Gasteiger partial charge >= 0.3 is 5.97 Å². The minimum Gasteiger partial charge on any atom is -0.480 e. The van der Waals surface area contributed by atoms with Crippen LogP contribution in [-0.4, -0.2) is 75.9 Å². The summed E-state index contributed by atoms with van der Waals surface area (Å²) in [6, 6.07) is -4.98. The first-order valence-corrected chi connectivity index (χ1v) is 9.50. The van der Waals surface area contributed by atoms with Crippen LogP contribution in [0.5, 0.6) is 0 Å². The van der Waals surface area contributed by atoms with E-state index in [0.717, 1.165) is 0 Å². The molecule has 0 radical (unpaired) electrons. The maximum atomic E-state index is 12.4. The van der Waals surface area contributed by atoms with E-state index in [-0.39, 0.29) is 18.3 Å². The van der Waals surface area contributed by atoms with E-state index in [0.29, 0.717) is 0 Å². The molecule has 29 heavy (non-hydrogen) atoms. The molecule has 0 heterocycles. The number of nitrogens with one attached hydrogen (secondary N) is 3. The minimum absolute atomic E-state index is 0.0152. The van der Waals surface area contributed by atoms with Gasteiger partial charge in [-0.05, 0) is 25.2 Å². The van der Waals surface area contributed by atoms with Gasteiger partial charge in [0.25, 0.3) is 0 Å². The van der Waals surface area contributed by atoms with Crippen molar-refractivity contribution in [2.45, 2.75) is 71.3 Å². The average molecular weight is 418 g/mol. The molecule has 168 valence electrons. The molecule has 5 unspecified atom stereocenters. The van der Waals surface area contributed by atoms with Crippen LogP contribution in [-0.2, 0) is 19.2 Å². The highest BCUT2D eigenvalue weighted by atomic mass is 16.4. The van der Waals surface area contributed by atoms with Gasteiger partial charge in [0.2, 0.25) is 17.7 Å². The third kappa shape index (κ3) is 9.20. The monoisotopic (exact) mass is 418 g/mol. The van der Waals surface area contributed by atoms with Crippen molar-refractivity contribution < 1.29 is 34.5 Å². The summed E-state index contributed by atoms with van der Waals surface area (Å²) in [7, 11) is 0. The summed E-state index contributed by atoms with van der Waals surface area (Å²) in [4.78, 5) is 48.1. The van der Waals surface area contributed by atoms with E-state index in [1.807, 2.05) is 0 Å². The molecular formula is C18H34N4O7. The Labute approximate surface area is 170 Å². The highest BCUT2D eigenvalue weighted by Gasteiger charge is 2.32. The number of aliphatic carboxylic acids is 1. The first-order chi connectivity index (χ1) is 13.3. The maximum Gasteiger partial charge on any atom is 0.326 e. The molecule has 0 aromatic heterocycles. The second-order valence-electron chi connectivity index (χ2n) is 7.77. The molecule has 0 spiro atoms.